The summed E-state index contributed by atoms with van der Waals surface area (Å²) in [5.41, 5.74) is 16.5. The second kappa shape index (κ2) is 11.3. The normalized spacial score (nSPS) is 14.6. The van der Waals surface area contributed by atoms with Crippen LogP contribution < -0.4 is 4.74 Å². The Hall–Kier alpha value is -6.96. The van der Waals surface area contributed by atoms with E-state index >= 15 is 0 Å². The van der Waals surface area contributed by atoms with Crippen molar-refractivity contribution in [3.05, 3.63) is 251 Å². The van der Waals surface area contributed by atoms with Gasteiger partial charge in [-0.2, -0.15) is 0 Å². The molecular formula is C54H34O. The minimum Gasteiger partial charge on any atom is -0.456 e. The molecule has 12 rings (SSSR count). The standard InChI is InChI=1S/C54H34O/c1-3-18-35(19-4-1)53(36-20-5-2-6-21-36)45-29-12-11-25-40(45)41-27-17-28-42(51(41)53)44-34-49-52(43-26-8-7-22-37(43)44)55-50-33-16-15-32-48(50)54(49)46-30-13-9-23-38(46)39-24-10-14-31-47(39)54/h1-34H. The third-order valence-corrected chi connectivity index (χ3v) is 12.6. The Morgan fingerprint density at radius 1 is 0.291 bits per heavy atom. The highest BCUT2D eigenvalue weighted by molar-refractivity contribution is 6.06. The van der Waals surface area contributed by atoms with Crippen molar-refractivity contribution in [3.63, 3.8) is 0 Å². The maximum Gasteiger partial charge on any atom is 0.140 e. The molecule has 9 aromatic carbocycles. The van der Waals surface area contributed by atoms with E-state index in [9.17, 15) is 0 Å². The van der Waals surface area contributed by atoms with E-state index in [0.29, 0.717) is 0 Å². The minimum atomic E-state index is -0.576. The first-order valence-electron chi connectivity index (χ1n) is 19.2. The number of para-hydroxylation sites is 1. The molecule has 0 N–H and O–H groups in total. The Balaban J connectivity index is 1.26. The van der Waals surface area contributed by atoms with Crippen LogP contribution in [0.3, 0.4) is 0 Å². The van der Waals surface area contributed by atoms with Gasteiger partial charge in [0.15, 0.2) is 0 Å². The van der Waals surface area contributed by atoms with E-state index in [1.54, 1.807) is 0 Å². The van der Waals surface area contributed by atoms with Crippen LogP contribution in [0.2, 0.25) is 0 Å². The fourth-order valence-electron chi connectivity index (χ4n) is 10.6. The van der Waals surface area contributed by atoms with Gasteiger partial charge in [0.25, 0.3) is 0 Å². The van der Waals surface area contributed by atoms with Crippen LogP contribution in [0, 0.1) is 0 Å². The first kappa shape index (κ1) is 30.5. The van der Waals surface area contributed by atoms with Gasteiger partial charge < -0.3 is 4.74 Å². The van der Waals surface area contributed by atoms with Crippen molar-refractivity contribution in [2.75, 3.05) is 0 Å². The molecule has 55 heavy (non-hydrogen) atoms. The summed E-state index contributed by atoms with van der Waals surface area (Å²) in [5, 5.41) is 2.29. The lowest BCUT2D eigenvalue weighted by molar-refractivity contribution is 0.442. The highest BCUT2D eigenvalue weighted by Gasteiger charge is 2.52. The van der Waals surface area contributed by atoms with Gasteiger partial charge in [0.05, 0.1) is 10.8 Å². The molecule has 0 bridgehead atoms. The Bertz CT molecular complexity index is 2930. The number of fused-ring (bicyclic) bond motifs is 14. The van der Waals surface area contributed by atoms with E-state index in [1.165, 1.54) is 83.3 Å². The number of rotatable bonds is 3. The van der Waals surface area contributed by atoms with Crippen LogP contribution in [0.5, 0.6) is 11.5 Å². The van der Waals surface area contributed by atoms with Crippen molar-refractivity contribution in [3.8, 4) is 44.9 Å². The van der Waals surface area contributed by atoms with Gasteiger partial charge in [0.1, 0.15) is 11.5 Å². The monoisotopic (exact) mass is 698 g/mol. The third-order valence-electron chi connectivity index (χ3n) is 12.6. The van der Waals surface area contributed by atoms with E-state index in [-0.39, 0.29) is 0 Å². The van der Waals surface area contributed by atoms with Gasteiger partial charge in [-0.1, -0.05) is 194 Å². The van der Waals surface area contributed by atoms with E-state index < -0.39 is 10.8 Å². The lowest BCUT2D eigenvalue weighted by atomic mass is 9.64. The van der Waals surface area contributed by atoms with Crippen molar-refractivity contribution < 1.29 is 4.74 Å². The summed E-state index contributed by atoms with van der Waals surface area (Å²) in [6.07, 6.45) is 0. The summed E-state index contributed by atoms with van der Waals surface area (Å²) in [6, 6.07) is 76.2. The summed E-state index contributed by atoms with van der Waals surface area (Å²) >= 11 is 0. The van der Waals surface area contributed by atoms with Crippen LogP contribution in [0.4, 0.5) is 0 Å². The average Bonchev–Trinajstić information content (AvgIpc) is 3.73. The van der Waals surface area contributed by atoms with Crippen molar-refractivity contribution >= 4 is 10.8 Å². The highest BCUT2D eigenvalue weighted by atomic mass is 16.5. The molecule has 0 radical (unpaired) electrons. The molecular weight excluding hydrogens is 665 g/mol. The first-order chi connectivity index (χ1) is 27.3. The average molecular weight is 699 g/mol. The molecule has 1 heterocycles. The molecule has 0 unspecified atom stereocenters. The summed E-state index contributed by atoms with van der Waals surface area (Å²) < 4.78 is 7.12. The van der Waals surface area contributed by atoms with E-state index in [2.05, 4.69) is 206 Å². The molecule has 1 heteroatoms. The number of hydrogen-bond acceptors (Lipinski definition) is 1. The van der Waals surface area contributed by atoms with Gasteiger partial charge in [-0.05, 0) is 84.3 Å². The van der Waals surface area contributed by atoms with Crippen LogP contribution in [-0.4, -0.2) is 0 Å². The molecule has 2 aliphatic carbocycles. The van der Waals surface area contributed by atoms with Gasteiger partial charge in [0.2, 0.25) is 0 Å². The largest absolute Gasteiger partial charge is 0.456 e. The molecule has 0 saturated carbocycles. The van der Waals surface area contributed by atoms with E-state index in [4.69, 9.17) is 4.74 Å². The van der Waals surface area contributed by atoms with Crippen molar-refractivity contribution in [2.45, 2.75) is 10.8 Å². The van der Waals surface area contributed by atoms with Crippen LogP contribution in [0.15, 0.2) is 206 Å². The number of ether oxygens (including phenoxy) is 1. The van der Waals surface area contributed by atoms with E-state index in [0.717, 1.165) is 16.9 Å². The summed E-state index contributed by atoms with van der Waals surface area (Å²) in [7, 11) is 0. The van der Waals surface area contributed by atoms with Crippen molar-refractivity contribution in [2.24, 2.45) is 0 Å². The van der Waals surface area contributed by atoms with Gasteiger partial charge >= 0.3 is 0 Å². The molecule has 0 amide bonds. The lowest BCUT2D eigenvalue weighted by Gasteiger charge is -2.40. The fraction of sp³-hybridized carbons (Fsp3) is 0.0370. The molecule has 9 aromatic rings. The maximum absolute atomic E-state index is 7.12. The Kier molecular flexibility index (Phi) is 6.25. The SMILES string of the molecule is c1ccc(C2(c3ccccc3)c3ccccc3-c3cccc(-c4cc5c(c6ccccc46)Oc4ccccc4C54c5ccccc5-c5ccccc54)c32)cc1. The van der Waals surface area contributed by atoms with Crippen molar-refractivity contribution in [1.29, 1.82) is 0 Å². The summed E-state index contributed by atoms with van der Waals surface area (Å²) in [6.45, 7) is 0. The quantitative estimate of drug-likeness (QED) is 0.178. The second-order valence-electron chi connectivity index (χ2n) is 15.0. The molecule has 1 spiro atoms. The van der Waals surface area contributed by atoms with Gasteiger partial charge in [0, 0.05) is 16.5 Å². The molecule has 256 valence electrons. The van der Waals surface area contributed by atoms with Gasteiger partial charge in [-0.25, -0.2) is 0 Å². The zero-order chi connectivity index (χ0) is 36.1. The van der Waals surface area contributed by atoms with Crippen LogP contribution >= 0.6 is 0 Å². The topological polar surface area (TPSA) is 9.23 Å². The number of benzene rings is 9. The smallest absolute Gasteiger partial charge is 0.140 e. The molecule has 0 aromatic heterocycles. The van der Waals surface area contributed by atoms with E-state index in [1.807, 2.05) is 0 Å². The van der Waals surface area contributed by atoms with Crippen LogP contribution in [0.1, 0.15) is 44.5 Å². The Morgan fingerprint density at radius 2 is 0.727 bits per heavy atom. The Morgan fingerprint density at radius 3 is 1.35 bits per heavy atom. The maximum atomic E-state index is 7.12. The van der Waals surface area contributed by atoms with Gasteiger partial charge in [-0.3, -0.25) is 0 Å². The predicted molar refractivity (Wildman–Crippen MR) is 224 cm³/mol. The van der Waals surface area contributed by atoms with Crippen LogP contribution in [0.25, 0.3) is 44.2 Å². The molecule has 0 fully saturated rings. The molecule has 3 aliphatic rings. The molecule has 1 aliphatic heterocycles. The highest BCUT2D eigenvalue weighted by Crippen LogP contribution is 2.65. The first-order valence-corrected chi connectivity index (χ1v) is 19.2. The fourth-order valence-corrected chi connectivity index (χ4v) is 10.6. The summed E-state index contributed by atoms with van der Waals surface area (Å²) in [4.78, 5) is 0. The van der Waals surface area contributed by atoms with Crippen LogP contribution in [-0.2, 0) is 10.8 Å². The van der Waals surface area contributed by atoms with Crippen molar-refractivity contribution in [1.82, 2.24) is 0 Å². The second-order valence-corrected chi connectivity index (χ2v) is 15.0. The molecule has 0 atom stereocenters. The van der Waals surface area contributed by atoms with Gasteiger partial charge in [-0.15, -0.1) is 0 Å². The zero-order valence-corrected chi connectivity index (χ0v) is 30.0. The Labute approximate surface area is 320 Å². The predicted octanol–water partition coefficient (Wildman–Crippen LogP) is 13.3. The molecule has 1 nitrogen and oxygen atoms in total. The number of hydrogen-bond donors (Lipinski definition) is 0. The minimum absolute atomic E-state index is 0.546. The lowest BCUT2D eigenvalue weighted by Crippen LogP contribution is -2.32. The summed E-state index contributed by atoms with van der Waals surface area (Å²) in [5.74, 6) is 1.83. The molecule has 0 saturated heterocycles. The third kappa shape index (κ3) is 3.82. The zero-order valence-electron chi connectivity index (χ0n) is 30.0.